The molecule has 8 nitrogen and oxygen atoms in total. The van der Waals surface area contributed by atoms with Crippen LogP contribution < -0.4 is 10.9 Å². The Bertz CT molecular complexity index is 1530. The van der Waals surface area contributed by atoms with E-state index < -0.39 is 0 Å². The van der Waals surface area contributed by atoms with Crippen LogP contribution in [0.5, 0.6) is 0 Å². The van der Waals surface area contributed by atoms with Gasteiger partial charge in [0.1, 0.15) is 17.4 Å². The molecule has 0 aliphatic rings. The summed E-state index contributed by atoms with van der Waals surface area (Å²) in [5, 5.41) is 12.4. The number of nitrogens with zero attached hydrogens (tertiary/aromatic N) is 5. The minimum Gasteiger partial charge on any atom is -0.350 e. The van der Waals surface area contributed by atoms with Crippen LogP contribution in [0.25, 0.3) is 22.4 Å². The Labute approximate surface area is 202 Å². The number of carbonyl (C=O) groups is 1. The van der Waals surface area contributed by atoms with E-state index in [0.717, 1.165) is 17.7 Å². The third-order valence-corrected chi connectivity index (χ3v) is 5.99. The lowest BCUT2D eigenvalue weighted by Crippen LogP contribution is -2.34. The van der Waals surface area contributed by atoms with Crippen LogP contribution in [0.1, 0.15) is 23.7 Å². The minimum absolute atomic E-state index is 0.176. The van der Waals surface area contributed by atoms with Crippen molar-refractivity contribution in [3.8, 4) is 11.5 Å². The van der Waals surface area contributed by atoms with Crippen LogP contribution in [0, 0.1) is 6.92 Å². The molecule has 3 aromatic heterocycles. The predicted molar refractivity (Wildman–Crippen MR) is 135 cm³/mol. The molecule has 35 heavy (non-hydrogen) atoms. The first kappa shape index (κ1) is 22.3. The molecule has 0 aliphatic heterocycles. The second-order valence-electron chi connectivity index (χ2n) is 8.38. The number of carbonyl (C=O) groups excluding carboxylic acids is 1. The number of hydrogen-bond acceptors (Lipinski definition) is 4. The highest BCUT2D eigenvalue weighted by Crippen LogP contribution is 2.24. The molecule has 2 aromatic carbocycles. The first-order valence-corrected chi connectivity index (χ1v) is 11.6. The molecule has 0 fully saturated rings. The highest BCUT2D eigenvalue weighted by molar-refractivity contribution is 5.88. The molecular formula is C27H26N6O2. The van der Waals surface area contributed by atoms with Crippen molar-refractivity contribution in [2.24, 2.45) is 0 Å². The Morgan fingerprint density at radius 1 is 0.914 bits per heavy atom. The van der Waals surface area contributed by atoms with Crippen molar-refractivity contribution < 1.29 is 4.79 Å². The van der Waals surface area contributed by atoms with Crippen LogP contribution in [-0.4, -0.2) is 30.0 Å². The number of amides is 1. The second kappa shape index (κ2) is 9.42. The van der Waals surface area contributed by atoms with Crippen molar-refractivity contribution in [2.45, 2.75) is 33.4 Å². The van der Waals surface area contributed by atoms with Gasteiger partial charge >= 0.3 is 0 Å². The summed E-state index contributed by atoms with van der Waals surface area (Å²) < 4.78 is 4.82. The van der Waals surface area contributed by atoms with Crippen molar-refractivity contribution >= 4 is 16.8 Å². The van der Waals surface area contributed by atoms with Gasteiger partial charge in [0.25, 0.3) is 5.56 Å². The van der Waals surface area contributed by atoms with Crippen molar-refractivity contribution in [1.29, 1.82) is 0 Å². The number of aryl methyl sites for hydroxylation is 2. The largest absolute Gasteiger partial charge is 0.350 e. The molecule has 0 atom stereocenters. The smallest absolute Gasteiger partial charge is 0.280 e. The lowest BCUT2D eigenvalue weighted by Gasteiger charge is -2.10. The van der Waals surface area contributed by atoms with E-state index in [0.29, 0.717) is 29.0 Å². The molecule has 0 saturated carbocycles. The van der Waals surface area contributed by atoms with Crippen LogP contribution in [0.4, 0.5) is 0 Å². The standard InChI is InChI=1S/C27H26N6O2/c1-3-20-11-13-21(14-12-20)17-28-23(34)18-32-27(35)24-25(19(2)29-32)30-33(22-9-5-4-6-10-22)26(24)31-15-7-8-16-31/h4-16H,3,17-18H2,1-2H3,(H,28,34). The molecule has 3 heterocycles. The fraction of sp³-hybridized carbons (Fsp3) is 0.185. The Hall–Kier alpha value is -4.46. The topological polar surface area (TPSA) is 86.7 Å². The summed E-state index contributed by atoms with van der Waals surface area (Å²) >= 11 is 0. The molecule has 0 spiro atoms. The van der Waals surface area contributed by atoms with Crippen molar-refractivity contribution in [1.82, 2.24) is 29.4 Å². The number of hydrogen-bond donors (Lipinski definition) is 1. The highest BCUT2D eigenvalue weighted by Gasteiger charge is 2.22. The van der Waals surface area contributed by atoms with Gasteiger partial charge in [-0.2, -0.15) is 10.2 Å². The van der Waals surface area contributed by atoms with Crippen molar-refractivity contribution in [3.63, 3.8) is 0 Å². The van der Waals surface area contributed by atoms with Gasteiger partial charge in [-0.1, -0.05) is 49.4 Å². The van der Waals surface area contributed by atoms with Gasteiger partial charge in [-0.05, 0) is 48.7 Å². The van der Waals surface area contributed by atoms with Crippen molar-refractivity contribution in [2.75, 3.05) is 0 Å². The molecule has 0 saturated heterocycles. The second-order valence-corrected chi connectivity index (χ2v) is 8.38. The van der Waals surface area contributed by atoms with Gasteiger partial charge in [-0.25, -0.2) is 9.36 Å². The molecule has 8 heteroatoms. The zero-order chi connectivity index (χ0) is 24.4. The SMILES string of the molecule is CCc1ccc(CNC(=O)Cn2nc(C)c3nn(-c4ccccc4)c(-n4cccc4)c3c2=O)cc1. The van der Waals surface area contributed by atoms with Crippen molar-refractivity contribution in [3.05, 3.63) is 106 Å². The van der Waals surface area contributed by atoms with E-state index in [-0.39, 0.29) is 18.0 Å². The van der Waals surface area contributed by atoms with E-state index in [1.54, 1.807) is 11.6 Å². The summed E-state index contributed by atoms with van der Waals surface area (Å²) in [6.07, 6.45) is 4.70. The molecule has 0 aliphatic carbocycles. The first-order valence-electron chi connectivity index (χ1n) is 11.6. The van der Waals surface area contributed by atoms with Gasteiger partial charge in [0, 0.05) is 18.9 Å². The van der Waals surface area contributed by atoms with Gasteiger partial charge in [0.15, 0.2) is 5.82 Å². The average molecular weight is 467 g/mol. The van der Waals surface area contributed by atoms with Crippen LogP contribution >= 0.6 is 0 Å². The summed E-state index contributed by atoms with van der Waals surface area (Å²) in [7, 11) is 0. The van der Waals surface area contributed by atoms with E-state index >= 15 is 0 Å². The fourth-order valence-electron chi connectivity index (χ4n) is 4.12. The summed E-state index contributed by atoms with van der Waals surface area (Å²) in [5.41, 5.74) is 3.79. The van der Waals surface area contributed by atoms with Gasteiger partial charge in [-0.15, -0.1) is 0 Å². The number of aromatic nitrogens is 5. The Balaban J connectivity index is 1.50. The molecule has 176 valence electrons. The monoisotopic (exact) mass is 466 g/mol. The molecule has 0 unspecified atom stereocenters. The van der Waals surface area contributed by atoms with Crippen LogP contribution in [-0.2, 0) is 24.3 Å². The Kier molecular flexibility index (Phi) is 6.01. The number of nitrogens with one attached hydrogen (secondary N) is 1. The van der Waals surface area contributed by atoms with E-state index in [9.17, 15) is 9.59 Å². The maximum atomic E-state index is 13.6. The number of para-hydroxylation sites is 1. The lowest BCUT2D eigenvalue weighted by atomic mass is 10.1. The molecular weight excluding hydrogens is 440 g/mol. The van der Waals surface area contributed by atoms with Crippen LogP contribution in [0.2, 0.25) is 0 Å². The minimum atomic E-state index is -0.362. The third-order valence-electron chi connectivity index (χ3n) is 5.99. The van der Waals surface area contributed by atoms with E-state index in [2.05, 4.69) is 29.5 Å². The zero-order valence-electron chi connectivity index (χ0n) is 19.7. The maximum Gasteiger partial charge on any atom is 0.280 e. The van der Waals surface area contributed by atoms with Gasteiger partial charge in [0.2, 0.25) is 5.91 Å². The Morgan fingerprint density at radius 2 is 1.60 bits per heavy atom. The lowest BCUT2D eigenvalue weighted by molar-refractivity contribution is -0.122. The van der Waals surface area contributed by atoms with Gasteiger partial charge < -0.3 is 9.88 Å². The summed E-state index contributed by atoms with van der Waals surface area (Å²) in [5.74, 6) is 0.327. The fourth-order valence-corrected chi connectivity index (χ4v) is 4.12. The average Bonchev–Trinajstić information content (AvgIpc) is 3.55. The third kappa shape index (κ3) is 4.38. The molecule has 5 rings (SSSR count). The maximum absolute atomic E-state index is 13.6. The number of fused-ring (bicyclic) bond motifs is 1. The number of rotatable bonds is 7. The van der Waals surface area contributed by atoms with E-state index in [1.165, 1.54) is 10.2 Å². The quantitative estimate of drug-likeness (QED) is 0.397. The molecule has 1 N–H and O–H groups in total. The summed E-state index contributed by atoms with van der Waals surface area (Å²) in [6.45, 7) is 4.11. The highest BCUT2D eigenvalue weighted by atomic mass is 16.2. The molecule has 0 bridgehead atoms. The molecule has 5 aromatic rings. The van der Waals surface area contributed by atoms with Crippen LogP contribution in [0.3, 0.4) is 0 Å². The van der Waals surface area contributed by atoms with Gasteiger partial charge in [-0.3, -0.25) is 9.59 Å². The number of benzene rings is 2. The van der Waals surface area contributed by atoms with E-state index in [4.69, 9.17) is 5.10 Å². The summed E-state index contributed by atoms with van der Waals surface area (Å²) in [6, 6.07) is 21.5. The Morgan fingerprint density at radius 3 is 2.29 bits per heavy atom. The zero-order valence-corrected chi connectivity index (χ0v) is 19.7. The first-order chi connectivity index (χ1) is 17.0. The summed E-state index contributed by atoms with van der Waals surface area (Å²) in [4.78, 5) is 26.3. The molecule has 1 amide bonds. The van der Waals surface area contributed by atoms with Gasteiger partial charge in [0.05, 0.1) is 11.4 Å². The van der Waals surface area contributed by atoms with E-state index in [1.807, 2.05) is 71.6 Å². The molecule has 0 radical (unpaired) electrons. The van der Waals surface area contributed by atoms with Crippen LogP contribution in [0.15, 0.2) is 83.9 Å². The predicted octanol–water partition coefficient (Wildman–Crippen LogP) is 3.56. The normalized spacial score (nSPS) is 11.1.